The first-order valence-electron chi connectivity index (χ1n) is 3.50. The maximum absolute atomic E-state index is 13.0. The topological polar surface area (TPSA) is 12.0 Å². The zero-order valence-electron chi connectivity index (χ0n) is 6.74. The quantitative estimate of drug-likeness (QED) is 0.676. The predicted octanol–water partition coefficient (Wildman–Crippen LogP) is 2.89. The summed E-state index contributed by atoms with van der Waals surface area (Å²) in [7, 11) is 1.36. The number of anilines is 1. The summed E-state index contributed by atoms with van der Waals surface area (Å²) in [6, 6.07) is 3.10. The molecule has 1 aromatic carbocycles. The van der Waals surface area contributed by atoms with Crippen LogP contribution < -0.4 is 5.32 Å². The summed E-state index contributed by atoms with van der Waals surface area (Å²) in [5, 5.41) is 2.33. The van der Waals surface area contributed by atoms with Crippen LogP contribution in [0, 0.1) is 5.82 Å². The van der Waals surface area contributed by atoms with E-state index in [1.165, 1.54) is 13.1 Å². The number of halogens is 4. The van der Waals surface area contributed by atoms with E-state index in [-0.39, 0.29) is 5.69 Å². The fourth-order valence-electron chi connectivity index (χ4n) is 0.944. The second-order valence-electron chi connectivity index (χ2n) is 2.41. The van der Waals surface area contributed by atoms with Gasteiger partial charge in [0.05, 0.1) is 11.3 Å². The van der Waals surface area contributed by atoms with Crippen LogP contribution >= 0.6 is 0 Å². The SMILES string of the molecule is CNc1cccc(C(F)(F)F)c1F. The van der Waals surface area contributed by atoms with Gasteiger partial charge in [-0.1, -0.05) is 6.07 Å². The molecule has 1 aromatic rings. The summed E-state index contributed by atoms with van der Waals surface area (Å²) in [6.45, 7) is 0. The van der Waals surface area contributed by atoms with E-state index in [0.29, 0.717) is 6.07 Å². The molecule has 0 saturated carbocycles. The second kappa shape index (κ2) is 3.24. The van der Waals surface area contributed by atoms with Crippen LogP contribution in [-0.2, 0) is 6.18 Å². The van der Waals surface area contributed by atoms with E-state index in [0.717, 1.165) is 6.07 Å². The Morgan fingerprint density at radius 3 is 2.31 bits per heavy atom. The number of nitrogens with one attached hydrogen (secondary N) is 1. The standard InChI is InChI=1S/C8H7F4N/c1-13-6-4-2-3-5(7(6)9)8(10,11)12/h2-4,13H,1H3. The van der Waals surface area contributed by atoms with Gasteiger partial charge in [0.25, 0.3) is 0 Å². The van der Waals surface area contributed by atoms with Gasteiger partial charge in [-0.25, -0.2) is 4.39 Å². The highest BCUT2D eigenvalue weighted by Gasteiger charge is 2.34. The smallest absolute Gasteiger partial charge is 0.386 e. The Hall–Kier alpha value is -1.26. The molecular weight excluding hydrogens is 186 g/mol. The van der Waals surface area contributed by atoms with Gasteiger partial charge in [-0.3, -0.25) is 0 Å². The molecule has 1 N–H and O–H groups in total. The van der Waals surface area contributed by atoms with Gasteiger partial charge < -0.3 is 5.32 Å². The van der Waals surface area contributed by atoms with Crippen LogP contribution in [0.1, 0.15) is 5.56 Å². The third-order valence-corrected chi connectivity index (χ3v) is 1.57. The minimum Gasteiger partial charge on any atom is -0.386 e. The van der Waals surface area contributed by atoms with Crippen molar-refractivity contribution in [1.82, 2.24) is 0 Å². The molecule has 0 radical (unpaired) electrons. The fourth-order valence-corrected chi connectivity index (χ4v) is 0.944. The second-order valence-corrected chi connectivity index (χ2v) is 2.41. The Morgan fingerprint density at radius 1 is 1.23 bits per heavy atom. The first kappa shape index (κ1) is 9.83. The molecule has 0 amide bonds. The van der Waals surface area contributed by atoms with Crippen LogP contribution in [0.25, 0.3) is 0 Å². The van der Waals surface area contributed by atoms with Crippen molar-refractivity contribution in [1.29, 1.82) is 0 Å². The van der Waals surface area contributed by atoms with Crippen LogP contribution in [0.15, 0.2) is 18.2 Å². The Balaban J connectivity index is 3.24. The van der Waals surface area contributed by atoms with Gasteiger partial charge in [-0.2, -0.15) is 13.2 Å². The average Bonchev–Trinajstić information content (AvgIpc) is 2.02. The first-order chi connectivity index (χ1) is 5.96. The molecule has 0 fully saturated rings. The van der Waals surface area contributed by atoms with Crippen LogP contribution in [0.3, 0.4) is 0 Å². The molecule has 0 aliphatic heterocycles. The molecule has 0 saturated heterocycles. The largest absolute Gasteiger partial charge is 0.419 e. The summed E-state index contributed by atoms with van der Waals surface area (Å²) in [4.78, 5) is 0. The monoisotopic (exact) mass is 193 g/mol. The Labute approximate surface area is 72.4 Å². The summed E-state index contributed by atoms with van der Waals surface area (Å²) in [5.74, 6) is -1.27. The highest BCUT2D eigenvalue weighted by Crippen LogP contribution is 2.33. The number of hydrogen-bond acceptors (Lipinski definition) is 1. The van der Waals surface area contributed by atoms with Gasteiger partial charge in [0, 0.05) is 7.05 Å². The van der Waals surface area contributed by atoms with Crippen LogP contribution in [-0.4, -0.2) is 7.05 Å². The molecule has 72 valence electrons. The van der Waals surface area contributed by atoms with Gasteiger partial charge in [0.15, 0.2) is 5.82 Å². The molecule has 0 aliphatic rings. The van der Waals surface area contributed by atoms with Crippen molar-refractivity contribution in [2.45, 2.75) is 6.18 Å². The lowest BCUT2D eigenvalue weighted by Gasteiger charge is -2.10. The van der Waals surface area contributed by atoms with Gasteiger partial charge in [-0.15, -0.1) is 0 Å². The average molecular weight is 193 g/mol. The summed E-state index contributed by atoms with van der Waals surface area (Å²) in [6.07, 6.45) is -4.64. The van der Waals surface area contributed by atoms with E-state index in [9.17, 15) is 17.6 Å². The van der Waals surface area contributed by atoms with E-state index in [2.05, 4.69) is 5.32 Å². The number of hydrogen-bond donors (Lipinski definition) is 1. The van der Waals surface area contributed by atoms with Crippen molar-refractivity contribution in [2.24, 2.45) is 0 Å². The molecule has 13 heavy (non-hydrogen) atoms. The van der Waals surface area contributed by atoms with Crippen molar-refractivity contribution < 1.29 is 17.6 Å². The van der Waals surface area contributed by atoms with Crippen molar-refractivity contribution in [3.63, 3.8) is 0 Å². The van der Waals surface area contributed by atoms with E-state index >= 15 is 0 Å². The maximum atomic E-state index is 13.0. The predicted molar refractivity (Wildman–Crippen MR) is 40.9 cm³/mol. The Morgan fingerprint density at radius 2 is 1.85 bits per heavy atom. The first-order valence-corrected chi connectivity index (χ1v) is 3.50. The molecule has 0 unspecified atom stereocenters. The highest BCUT2D eigenvalue weighted by molar-refractivity contribution is 5.47. The van der Waals surface area contributed by atoms with Crippen molar-refractivity contribution >= 4 is 5.69 Å². The highest BCUT2D eigenvalue weighted by atomic mass is 19.4. The summed E-state index contributed by atoms with van der Waals surface area (Å²) >= 11 is 0. The number of rotatable bonds is 1. The molecule has 0 heterocycles. The zero-order valence-corrected chi connectivity index (χ0v) is 6.74. The fraction of sp³-hybridized carbons (Fsp3) is 0.250. The summed E-state index contributed by atoms with van der Waals surface area (Å²) < 4.78 is 49.3. The Bertz CT molecular complexity index is 306. The lowest BCUT2D eigenvalue weighted by molar-refractivity contribution is -0.139. The Kier molecular flexibility index (Phi) is 2.45. The van der Waals surface area contributed by atoms with E-state index in [1.54, 1.807) is 0 Å². The van der Waals surface area contributed by atoms with Crippen LogP contribution in [0.4, 0.5) is 23.2 Å². The van der Waals surface area contributed by atoms with E-state index in [4.69, 9.17) is 0 Å². The van der Waals surface area contributed by atoms with E-state index in [1.807, 2.05) is 0 Å². The normalized spacial score (nSPS) is 11.5. The lowest BCUT2D eigenvalue weighted by atomic mass is 10.2. The molecule has 0 bridgehead atoms. The molecular formula is C8H7F4N. The van der Waals surface area contributed by atoms with Gasteiger partial charge in [0.2, 0.25) is 0 Å². The van der Waals surface area contributed by atoms with Gasteiger partial charge in [-0.05, 0) is 12.1 Å². The third-order valence-electron chi connectivity index (χ3n) is 1.57. The minimum atomic E-state index is -4.64. The maximum Gasteiger partial charge on any atom is 0.419 e. The third kappa shape index (κ3) is 1.91. The molecule has 5 heteroatoms. The lowest BCUT2D eigenvalue weighted by Crippen LogP contribution is -2.09. The molecule has 0 atom stereocenters. The van der Waals surface area contributed by atoms with Crippen molar-refractivity contribution in [3.8, 4) is 0 Å². The van der Waals surface area contributed by atoms with Crippen molar-refractivity contribution in [2.75, 3.05) is 12.4 Å². The number of benzene rings is 1. The van der Waals surface area contributed by atoms with E-state index < -0.39 is 17.6 Å². The zero-order chi connectivity index (χ0) is 10.1. The molecule has 0 aromatic heterocycles. The number of alkyl halides is 3. The minimum absolute atomic E-state index is 0.158. The molecule has 0 spiro atoms. The van der Waals surface area contributed by atoms with Crippen molar-refractivity contribution in [3.05, 3.63) is 29.6 Å². The van der Waals surface area contributed by atoms with Crippen LogP contribution in [0.2, 0.25) is 0 Å². The van der Waals surface area contributed by atoms with Gasteiger partial charge >= 0.3 is 6.18 Å². The molecule has 1 nitrogen and oxygen atoms in total. The van der Waals surface area contributed by atoms with Crippen LogP contribution in [0.5, 0.6) is 0 Å². The van der Waals surface area contributed by atoms with Gasteiger partial charge in [0.1, 0.15) is 0 Å². The summed E-state index contributed by atoms with van der Waals surface area (Å²) in [5.41, 5.74) is -1.41. The molecule has 0 aliphatic carbocycles. The molecule has 1 rings (SSSR count).